The number of carbonyl (C=O) groups is 1. The third-order valence-electron chi connectivity index (χ3n) is 4.75. The molecule has 1 aliphatic rings. The highest BCUT2D eigenvalue weighted by molar-refractivity contribution is 6.51. The standard InChI is InChI=1S/C19H36BNO6/c1-17(2,3)25-16(23)21(14-11-15(22)24-8)13-10-9-12-20-26-18(4,5)19(6,7)27-20/h9,12,16,23H,10-11,13-14H2,1-8H3/b12-9+. The average molecular weight is 385 g/mol. The van der Waals surface area contributed by atoms with Crippen molar-refractivity contribution in [1.29, 1.82) is 0 Å². The number of methoxy groups -OCH3 is 1. The number of hydrogen-bond acceptors (Lipinski definition) is 7. The molecule has 0 amide bonds. The van der Waals surface area contributed by atoms with Crippen molar-refractivity contribution in [2.24, 2.45) is 0 Å². The van der Waals surface area contributed by atoms with Gasteiger partial charge in [-0.05, 0) is 54.9 Å². The first-order chi connectivity index (χ1) is 12.3. The largest absolute Gasteiger partial charge is 0.486 e. The van der Waals surface area contributed by atoms with Crippen molar-refractivity contribution < 1.29 is 28.7 Å². The summed E-state index contributed by atoms with van der Waals surface area (Å²) in [5.74, 6) is 1.56. The van der Waals surface area contributed by atoms with E-state index in [0.29, 0.717) is 19.5 Å². The van der Waals surface area contributed by atoms with Crippen LogP contribution in [-0.2, 0) is 23.6 Å². The fraction of sp³-hybridized carbons (Fsp3) is 0.842. The molecule has 1 fully saturated rings. The molecule has 0 aromatic rings. The highest BCUT2D eigenvalue weighted by Gasteiger charge is 2.49. The third kappa shape index (κ3) is 7.91. The summed E-state index contributed by atoms with van der Waals surface area (Å²) in [6.45, 7) is 14.5. The molecule has 1 N–H and O–H groups in total. The van der Waals surface area contributed by atoms with E-state index >= 15 is 0 Å². The number of carbonyl (C=O) groups excluding carboxylic acids is 1. The van der Waals surface area contributed by atoms with Crippen LogP contribution in [0, 0.1) is 0 Å². The molecule has 156 valence electrons. The molecular weight excluding hydrogens is 349 g/mol. The minimum absolute atomic E-state index is 0.183. The zero-order chi connectivity index (χ0) is 20.9. The molecular formula is C19H36BNO6. The van der Waals surface area contributed by atoms with Gasteiger partial charge in [0.15, 0.2) is 0 Å². The Bertz CT molecular complexity index is 499. The van der Waals surface area contributed by atoms with E-state index in [1.165, 1.54) is 7.11 Å². The fourth-order valence-electron chi connectivity index (χ4n) is 2.48. The molecule has 0 saturated carbocycles. The number of hydrogen-bond donors (Lipinski definition) is 1. The van der Waals surface area contributed by atoms with Gasteiger partial charge in [0, 0.05) is 13.1 Å². The summed E-state index contributed by atoms with van der Waals surface area (Å²) in [5, 5.41) is 10.4. The van der Waals surface area contributed by atoms with Gasteiger partial charge in [-0.25, -0.2) is 0 Å². The number of ether oxygens (including phenoxy) is 2. The molecule has 0 aromatic heterocycles. The van der Waals surface area contributed by atoms with Gasteiger partial charge in [-0.2, -0.15) is 0 Å². The number of aliphatic hydroxyl groups excluding tert-OH is 1. The summed E-state index contributed by atoms with van der Waals surface area (Å²) >= 11 is 0. The first kappa shape index (κ1) is 24.1. The second-order valence-electron chi connectivity index (χ2n) is 8.76. The molecule has 1 unspecified atom stereocenters. The number of rotatable bonds is 9. The zero-order valence-electron chi connectivity index (χ0n) is 18.1. The van der Waals surface area contributed by atoms with Crippen molar-refractivity contribution in [2.75, 3.05) is 20.2 Å². The maximum absolute atomic E-state index is 11.4. The van der Waals surface area contributed by atoms with Crippen LogP contribution in [0.2, 0.25) is 0 Å². The van der Waals surface area contributed by atoms with E-state index in [2.05, 4.69) is 4.74 Å². The minimum atomic E-state index is -1.10. The van der Waals surface area contributed by atoms with Gasteiger partial charge in [-0.3, -0.25) is 9.69 Å². The van der Waals surface area contributed by atoms with E-state index in [1.54, 1.807) is 4.90 Å². The van der Waals surface area contributed by atoms with E-state index in [0.717, 1.165) is 0 Å². The van der Waals surface area contributed by atoms with Crippen LogP contribution in [0.15, 0.2) is 12.1 Å². The van der Waals surface area contributed by atoms with Crippen LogP contribution in [0.25, 0.3) is 0 Å². The van der Waals surface area contributed by atoms with Gasteiger partial charge in [-0.15, -0.1) is 0 Å². The second-order valence-corrected chi connectivity index (χ2v) is 8.76. The van der Waals surface area contributed by atoms with Crippen molar-refractivity contribution in [1.82, 2.24) is 4.90 Å². The quantitative estimate of drug-likeness (QED) is 0.371. The second kappa shape index (κ2) is 9.52. The lowest BCUT2D eigenvalue weighted by atomic mass is 9.90. The third-order valence-corrected chi connectivity index (χ3v) is 4.75. The molecule has 1 atom stereocenters. The molecule has 1 rings (SSSR count). The van der Waals surface area contributed by atoms with Crippen molar-refractivity contribution in [3.8, 4) is 0 Å². The fourth-order valence-corrected chi connectivity index (χ4v) is 2.48. The molecule has 8 heteroatoms. The summed E-state index contributed by atoms with van der Waals surface area (Å²) < 4.78 is 22.1. The van der Waals surface area contributed by atoms with E-state index in [1.807, 2.05) is 60.5 Å². The van der Waals surface area contributed by atoms with Crippen molar-refractivity contribution in [3.63, 3.8) is 0 Å². The van der Waals surface area contributed by atoms with Gasteiger partial charge in [0.1, 0.15) is 0 Å². The highest BCUT2D eigenvalue weighted by atomic mass is 16.7. The van der Waals surface area contributed by atoms with Crippen LogP contribution < -0.4 is 0 Å². The Morgan fingerprint density at radius 1 is 1.19 bits per heavy atom. The average Bonchev–Trinajstić information content (AvgIpc) is 2.71. The van der Waals surface area contributed by atoms with Gasteiger partial charge in [-0.1, -0.05) is 12.1 Å². The Balaban J connectivity index is 2.58. The van der Waals surface area contributed by atoms with Crippen molar-refractivity contribution in [3.05, 3.63) is 12.1 Å². The molecule has 0 aliphatic carbocycles. The van der Waals surface area contributed by atoms with E-state index < -0.39 is 19.1 Å². The minimum Gasteiger partial charge on any atom is -0.469 e. The summed E-state index contributed by atoms with van der Waals surface area (Å²) in [4.78, 5) is 13.1. The Morgan fingerprint density at radius 2 is 1.74 bits per heavy atom. The van der Waals surface area contributed by atoms with E-state index in [-0.39, 0.29) is 23.6 Å². The summed E-state index contributed by atoms with van der Waals surface area (Å²) in [6.07, 6.45) is 1.69. The van der Waals surface area contributed by atoms with Gasteiger partial charge in [0.2, 0.25) is 6.41 Å². The maximum Gasteiger partial charge on any atom is 0.486 e. The molecule has 7 nitrogen and oxygen atoms in total. The molecule has 0 radical (unpaired) electrons. The smallest absolute Gasteiger partial charge is 0.469 e. The lowest BCUT2D eigenvalue weighted by molar-refractivity contribution is -0.238. The summed E-state index contributed by atoms with van der Waals surface area (Å²) in [7, 11) is 0.955. The lowest BCUT2D eigenvalue weighted by Crippen LogP contribution is -2.43. The summed E-state index contributed by atoms with van der Waals surface area (Å²) in [6, 6.07) is 0. The Kier molecular flexibility index (Phi) is 8.50. The molecule has 1 aliphatic heterocycles. The predicted octanol–water partition coefficient (Wildman–Crippen LogP) is 2.52. The van der Waals surface area contributed by atoms with Crippen LogP contribution in [0.5, 0.6) is 0 Å². The van der Waals surface area contributed by atoms with Crippen LogP contribution in [0.4, 0.5) is 0 Å². The highest BCUT2D eigenvalue weighted by Crippen LogP contribution is 2.36. The monoisotopic (exact) mass is 385 g/mol. The number of nitrogens with zero attached hydrogens (tertiary/aromatic N) is 1. The van der Waals surface area contributed by atoms with Crippen molar-refractivity contribution in [2.45, 2.75) is 84.5 Å². The molecule has 0 spiro atoms. The van der Waals surface area contributed by atoms with Crippen molar-refractivity contribution >= 4 is 13.1 Å². The van der Waals surface area contributed by atoms with Gasteiger partial charge in [0.05, 0.1) is 30.3 Å². The lowest BCUT2D eigenvalue weighted by Gasteiger charge is -2.32. The van der Waals surface area contributed by atoms with Gasteiger partial charge < -0.3 is 23.9 Å². The van der Waals surface area contributed by atoms with E-state index in [9.17, 15) is 9.90 Å². The molecule has 1 saturated heterocycles. The predicted molar refractivity (Wildman–Crippen MR) is 105 cm³/mol. The van der Waals surface area contributed by atoms with Crippen LogP contribution in [0.3, 0.4) is 0 Å². The zero-order valence-corrected chi connectivity index (χ0v) is 18.1. The van der Waals surface area contributed by atoms with Crippen LogP contribution >= 0.6 is 0 Å². The maximum atomic E-state index is 11.4. The Labute approximate surface area is 164 Å². The normalized spacial score (nSPS) is 20.4. The number of aliphatic hydroxyl groups is 1. The van der Waals surface area contributed by atoms with E-state index in [4.69, 9.17) is 14.0 Å². The number of esters is 1. The van der Waals surface area contributed by atoms with Gasteiger partial charge >= 0.3 is 13.1 Å². The molecule has 0 aromatic carbocycles. The van der Waals surface area contributed by atoms with Gasteiger partial charge in [0.25, 0.3) is 0 Å². The first-order valence-corrected chi connectivity index (χ1v) is 9.46. The Morgan fingerprint density at radius 3 is 2.22 bits per heavy atom. The molecule has 1 heterocycles. The van der Waals surface area contributed by atoms with Crippen LogP contribution in [0.1, 0.15) is 61.3 Å². The summed E-state index contributed by atoms with van der Waals surface area (Å²) in [5.41, 5.74) is -1.24. The molecule has 27 heavy (non-hydrogen) atoms. The SMILES string of the molecule is COC(=O)CCN(CC/C=C/B1OC(C)(C)C(C)(C)O1)C(O)OC(C)(C)C. The van der Waals surface area contributed by atoms with Crippen LogP contribution in [-0.4, -0.2) is 66.5 Å². The topological polar surface area (TPSA) is 77.5 Å². The molecule has 0 bridgehead atoms. The Hall–Kier alpha value is -0.925. The first-order valence-electron chi connectivity index (χ1n) is 9.46.